The molecular weight excluding hydrogens is 256 g/mol. The highest BCUT2D eigenvalue weighted by Gasteiger charge is 2.10. The fraction of sp³-hybridized carbons (Fsp3) is 0.429. The highest BCUT2D eigenvalue weighted by Crippen LogP contribution is 2.22. The second-order valence-electron chi connectivity index (χ2n) is 4.77. The monoisotopic (exact) mass is 278 g/mol. The number of rotatable bonds is 6. The van der Waals surface area contributed by atoms with E-state index in [1.54, 1.807) is 0 Å². The molecule has 6 nitrogen and oxygen atoms in total. The van der Waals surface area contributed by atoms with Gasteiger partial charge in [-0.3, -0.25) is 10.2 Å². The van der Waals surface area contributed by atoms with E-state index < -0.39 is 0 Å². The standard InChI is InChI=1S/C14H22N4O2/c1-9-5-4-6-10(2)13(9)20-8-11(3)18-12(19)7-17-14(15)16/h4-6,11H,7-8H2,1-3H3,(H,18,19)(H4,15,16,17). The maximum atomic E-state index is 11.5. The molecule has 1 atom stereocenters. The van der Waals surface area contributed by atoms with E-state index in [1.165, 1.54) is 0 Å². The van der Waals surface area contributed by atoms with Crippen LogP contribution in [0, 0.1) is 19.3 Å². The maximum absolute atomic E-state index is 11.5. The first kappa shape index (κ1) is 15.8. The summed E-state index contributed by atoms with van der Waals surface area (Å²) in [6.45, 7) is 6.21. The highest BCUT2D eigenvalue weighted by atomic mass is 16.5. The molecule has 0 saturated carbocycles. The SMILES string of the molecule is Cc1cccc(C)c1OCC(C)NC(=O)CNC(=N)N. The molecule has 0 spiro atoms. The van der Waals surface area contributed by atoms with Crippen LogP contribution in [-0.4, -0.2) is 31.1 Å². The first-order chi connectivity index (χ1) is 9.40. The summed E-state index contributed by atoms with van der Waals surface area (Å²) in [4.78, 5) is 11.5. The number of carbonyl (C=O) groups is 1. The number of amides is 1. The first-order valence-corrected chi connectivity index (χ1v) is 6.46. The fourth-order valence-electron chi connectivity index (χ4n) is 1.78. The van der Waals surface area contributed by atoms with E-state index in [0.29, 0.717) is 6.61 Å². The lowest BCUT2D eigenvalue weighted by atomic mass is 10.1. The summed E-state index contributed by atoms with van der Waals surface area (Å²) in [7, 11) is 0. The van der Waals surface area contributed by atoms with Crippen molar-refractivity contribution in [2.45, 2.75) is 26.8 Å². The van der Waals surface area contributed by atoms with E-state index in [-0.39, 0.29) is 24.5 Å². The summed E-state index contributed by atoms with van der Waals surface area (Å²) in [5, 5.41) is 12.2. The first-order valence-electron chi connectivity index (χ1n) is 6.46. The molecule has 0 aliphatic carbocycles. The number of nitrogens with two attached hydrogens (primary N) is 1. The molecule has 1 rings (SSSR count). The quantitative estimate of drug-likeness (QED) is 0.454. The van der Waals surface area contributed by atoms with E-state index in [1.807, 2.05) is 39.0 Å². The van der Waals surface area contributed by atoms with E-state index in [4.69, 9.17) is 15.9 Å². The summed E-state index contributed by atoms with van der Waals surface area (Å²) in [5.41, 5.74) is 7.25. The maximum Gasteiger partial charge on any atom is 0.239 e. The summed E-state index contributed by atoms with van der Waals surface area (Å²) in [6, 6.07) is 5.83. The Morgan fingerprint density at radius 3 is 2.55 bits per heavy atom. The Morgan fingerprint density at radius 2 is 2.00 bits per heavy atom. The lowest BCUT2D eigenvalue weighted by Crippen LogP contribution is -2.44. The zero-order valence-electron chi connectivity index (χ0n) is 12.1. The van der Waals surface area contributed by atoms with Gasteiger partial charge in [-0.2, -0.15) is 0 Å². The van der Waals surface area contributed by atoms with E-state index in [0.717, 1.165) is 16.9 Å². The van der Waals surface area contributed by atoms with Crippen LogP contribution in [0.3, 0.4) is 0 Å². The van der Waals surface area contributed by atoms with Crippen molar-refractivity contribution in [2.75, 3.05) is 13.2 Å². The predicted octanol–water partition coefficient (Wildman–Crippen LogP) is 0.670. The number of ether oxygens (including phenoxy) is 1. The Labute approximate surface area is 119 Å². The van der Waals surface area contributed by atoms with Gasteiger partial charge in [0.25, 0.3) is 0 Å². The van der Waals surface area contributed by atoms with Crippen molar-refractivity contribution in [3.05, 3.63) is 29.3 Å². The average Bonchev–Trinajstić information content (AvgIpc) is 2.35. The minimum Gasteiger partial charge on any atom is -0.491 e. The molecule has 0 fully saturated rings. The Morgan fingerprint density at radius 1 is 1.40 bits per heavy atom. The second-order valence-corrected chi connectivity index (χ2v) is 4.77. The molecule has 1 aromatic rings. The van der Waals surface area contributed by atoms with Gasteiger partial charge in [0.05, 0.1) is 12.6 Å². The lowest BCUT2D eigenvalue weighted by Gasteiger charge is -2.17. The minimum absolute atomic E-state index is 0.0108. The highest BCUT2D eigenvalue weighted by molar-refractivity contribution is 5.84. The average molecular weight is 278 g/mol. The Balaban J connectivity index is 2.41. The van der Waals surface area contributed by atoms with Crippen LogP contribution in [-0.2, 0) is 4.79 Å². The molecule has 20 heavy (non-hydrogen) atoms. The summed E-state index contributed by atoms with van der Waals surface area (Å²) >= 11 is 0. The molecule has 0 aromatic heterocycles. The van der Waals surface area contributed by atoms with Crippen molar-refractivity contribution in [2.24, 2.45) is 5.73 Å². The number of nitrogens with one attached hydrogen (secondary N) is 3. The van der Waals surface area contributed by atoms with Crippen LogP contribution in [0.4, 0.5) is 0 Å². The van der Waals surface area contributed by atoms with Gasteiger partial charge < -0.3 is 21.1 Å². The van der Waals surface area contributed by atoms with Crippen molar-refractivity contribution in [3.63, 3.8) is 0 Å². The van der Waals surface area contributed by atoms with Crippen molar-refractivity contribution < 1.29 is 9.53 Å². The molecule has 0 saturated heterocycles. The number of carbonyl (C=O) groups excluding carboxylic acids is 1. The van der Waals surface area contributed by atoms with Gasteiger partial charge in [0.15, 0.2) is 5.96 Å². The van der Waals surface area contributed by atoms with Crippen molar-refractivity contribution >= 4 is 11.9 Å². The van der Waals surface area contributed by atoms with Crippen LogP contribution >= 0.6 is 0 Å². The number of aryl methyl sites for hydroxylation is 2. The number of benzene rings is 1. The Kier molecular flexibility index (Phi) is 5.83. The summed E-state index contributed by atoms with van der Waals surface area (Å²) in [5.74, 6) is 0.410. The molecule has 0 radical (unpaired) electrons. The van der Waals surface area contributed by atoms with Gasteiger partial charge in [0.2, 0.25) is 5.91 Å². The van der Waals surface area contributed by atoms with Gasteiger partial charge in [-0.25, -0.2) is 0 Å². The van der Waals surface area contributed by atoms with E-state index >= 15 is 0 Å². The predicted molar refractivity (Wildman–Crippen MR) is 78.9 cm³/mol. The Hall–Kier alpha value is -2.24. The molecule has 0 bridgehead atoms. The van der Waals surface area contributed by atoms with E-state index in [2.05, 4.69) is 10.6 Å². The molecule has 6 heteroatoms. The molecule has 5 N–H and O–H groups in total. The van der Waals surface area contributed by atoms with Crippen LogP contribution < -0.4 is 21.1 Å². The van der Waals surface area contributed by atoms with Gasteiger partial charge in [0, 0.05) is 0 Å². The molecule has 1 aromatic carbocycles. The normalized spacial score (nSPS) is 11.6. The van der Waals surface area contributed by atoms with Gasteiger partial charge in [-0.05, 0) is 31.9 Å². The molecule has 110 valence electrons. The molecule has 1 unspecified atom stereocenters. The molecule has 0 heterocycles. The third kappa shape index (κ3) is 5.17. The van der Waals surface area contributed by atoms with Crippen LogP contribution in [0.1, 0.15) is 18.1 Å². The van der Waals surface area contributed by atoms with Crippen LogP contribution in [0.15, 0.2) is 18.2 Å². The van der Waals surface area contributed by atoms with Crippen LogP contribution in [0.2, 0.25) is 0 Å². The smallest absolute Gasteiger partial charge is 0.239 e. The van der Waals surface area contributed by atoms with Gasteiger partial charge in [-0.15, -0.1) is 0 Å². The van der Waals surface area contributed by atoms with Crippen molar-refractivity contribution in [1.82, 2.24) is 10.6 Å². The van der Waals surface area contributed by atoms with Gasteiger partial charge in [-0.1, -0.05) is 18.2 Å². The summed E-state index contributed by atoms with van der Waals surface area (Å²) in [6.07, 6.45) is 0. The van der Waals surface area contributed by atoms with Crippen molar-refractivity contribution in [3.8, 4) is 5.75 Å². The Bertz CT molecular complexity index is 468. The zero-order valence-corrected chi connectivity index (χ0v) is 12.1. The number of guanidine groups is 1. The second kappa shape index (κ2) is 7.37. The minimum atomic E-state index is -0.224. The zero-order chi connectivity index (χ0) is 15.1. The van der Waals surface area contributed by atoms with Crippen molar-refractivity contribution in [1.29, 1.82) is 5.41 Å². The number of hydrogen-bond acceptors (Lipinski definition) is 3. The lowest BCUT2D eigenvalue weighted by molar-refractivity contribution is -0.120. The topological polar surface area (TPSA) is 100 Å². The third-order valence-electron chi connectivity index (χ3n) is 2.73. The van der Waals surface area contributed by atoms with E-state index in [9.17, 15) is 4.79 Å². The third-order valence-corrected chi connectivity index (χ3v) is 2.73. The molecular formula is C14H22N4O2. The number of para-hydroxylation sites is 1. The number of hydrogen-bond donors (Lipinski definition) is 4. The fourth-order valence-corrected chi connectivity index (χ4v) is 1.78. The molecule has 0 aliphatic rings. The van der Waals surface area contributed by atoms with Crippen LogP contribution in [0.25, 0.3) is 0 Å². The molecule has 0 aliphatic heterocycles. The largest absolute Gasteiger partial charge is 0.491 e. The molecule has 1 amide bonds. The van der Waals surface area contributed by atoms with Gasteiger partial charge in [0.1, 0.15) is 12.4 Å². The summed E-state index contributed by atoms with van der Waals surface area (Å²) < 4.78 is 5.75. The van der Waals surface area contributed by atoms with Crippen LogP contribution in [0.5, 0.6) is 5.75 Å². The van der Waals surface area contributed by atoms with Gasteiger partial charge >= 0.3 is 0 Å².